The molecule has 0 bridgehead atoms. The van der Waals surface area contributed by atoms with Crippen LogP contribution in [0.3, 0.4) is 0 Å². The molecule has 3 heterocycles. The molecule has 5 rings (SSSR count). The third kappa shape index (κ3) is 1.76. The summed E-state index contributed by atoms with van der Waals surface area (Å²) in [7, 11) is 0. The van der Waals surface area contributed by atoms with Crippen molar-refractivity contribution in [2.45, 2.75) is 25.7 Å². The first-order valence-corrected chi connectivity index (χ1v) is 7.71. The highest BCUT2D eigenvalue weighted by molar-refractivity contribution is 6.01. The normalized spacial score (nSPS) is 14.2. The molecule has 0 saturated heterocycles. The van der Waals surface area contributed by atoms with E-state index in [1.54, 1.807) is 0 Å². The zero-order valence-electron chi connectivity index (χ0n) is 12.3. The van der Waals surface area contributed by atoms with Crippen molar-refractivity contribution < 1.29 is 5.48 Å². The van der Waals surface area contributed by atoms with Gasteiger partial charge in [-0.15, -0.1) is 0 Å². The van der Waals surface area contributed by atoms with Gasteiger partial charge in [-0.05, 0) is 55.0 Å². The molecule has 2 N–H and O–H groups in total. The summed E-state index contributed by atoms with van der Waals surface area (Å²) in [4.78, 5) is 4.87. The van der Waals surface area contributed by atoms with Crippen molar-refractivity contribution >= 4 is 16.4 Å². The van der Waals surface area contributed by atoms with Crippen LogP contribution in [0.2, 0.25) is 0 Å². The molecule has 22 heavy (non-hydrogen) atoms. The van der Waals surface area contributed by atoms with Gasteiger partial charge in [-0.1, -0.05) is 18.2 Å². The average molecular weight is 290 g/mol. The van der Waals surface area contributed by atoms with Crippen molar-refractivity contribution in [2.75, 3.05) is 0 Å². The molecule has 0 radical (unpaired) electrons. The maximum Gasteiger partial charge on any atom is 0.0957 e. The predicted octanol–water partition coefficient (Wildman–Crippen LogP) is 3.65. The fourth-order valence-electron chi connectivity index (χ4n) is 3.68. The molecule has 1 aromatic heterocycles. The molecule has 110 valence electrons. The Bertz CT molecular complexity index is 954. The van der Waals surface area contributed by atoms with Crippen LogP contribution < -0.4 is 0 Å². The van der Waals surface area contributed by atoms with E-state index in [0.29, 0.717) is 0 Å². The van der Waals surface area contributed by atoms with Gasteiger partial charge in [0.15, 0.2) is 0 Å². The Balaban J connectivity index is 0.00000125. The molecule has 0 spiro atoms. The van der Waals surface area contributed by atoms with Crippen molar-refractivity contribution in [2.24, 2.45) is 0 Å². The average Bonchev–Trinajstić information content (AvgIpc) is 2.92. The van der Waals surface area contributed by atoms with Crippen LogP contribution in [0.5, 0.6) is 0 Å². The minimum absolute atomic E-state index is 0. The van der Waals surface area contributed by atoms with Crippen LogP contribution in [0.15, 0.2) is 48.8 Å². The fourth-order valence-corrected chi connectivity index (χ4v) is 3.68. The third-order valence-corrected chi connectivity index (χ3v) is 4.76. The Kier molecular flexibility index (Phi) is 2.91. The van der Waals surface area contributed by atoms with Gasteiger partial charge in [0.2, 0.25) is 0 Å². The number of para-hydroxylation sites is 1. The molecule has 1 aliphatic carbocycles. The highest BCUT2D eigenvalue weighted by Gasteiger charge is 2.17. The lowest BCUT2D eigenvalue weighted by Gasteiger charge is -2.18. The van der Waals surface area contributed by atoms with Gasteiger partial charge in [-0.2, -0.15) is 0 Å². The van der Waals surface area contributed by atoms with Crippen LogP contribution in [-0.4, -0.2) is 14.9 Å². The Hall–Kier alpha value is -2.39. The van der Waals surface area contributed by atoms with E-state index in [4.69, 9.17) is 4.98 Å². The minimum Gasteiger partial charge on any atom is -0.412 e. The van der Waals surface area contributed by atoms with Crippen molar-refractivity contribution in [1.82, 2.24) is 9.38 Å². The van der Waals surface area contributed by atoms with E-state index in [-0.39, 0.29) is 5.48 Å². The quantitative estimate of drug-likeness (QED) is 0.487. The minimum atomic E-state index is 0. The highest BCUT2D eigenvalue weighted by atomic mass is 16.0. The second-order valence-electron chi connectivity index (χ2n) is 6.03. The van der Waals surface area contributed by atoms with Crippen molar-refractivity contribution in [3.05, 3.63) is 59.9 Å². The number of hydrogen-bond donors (Lipinski definition) is 0. The standard InChI is InChI=1S/C19H16N2.H2O/c1-2-6-14-12-21-10-9-16-15-7-3-4-8-17(15)20-19(16)18(21)11-13(14)5-1;/h3-4,7-12H,1-2,5-6H2;1H2. The van der Waals surface area contributed by atoms with Gasteiger partial charge in [0, 0.05) is 23.3 Å². The van der Waals surface area contributed by atoms with E-state index in [9.17, 15) is 0 Å². The maximum atomic E-state index is 4.87. The lowest BCUT2D eigenvalue weighted by atomic mass is 9.92. The summed E-state index contributed by atoms with van der Waals surface area (Å²) >= 11 is 0. The number of pyridine rings is 2. The highest BCUT2D eigenvalue weighted by Crippen LogP contribution is 2.35. The van der Waals surface area contributed by atoms with Crippen LogP contribution >= 0.6 is 0 Å². The van der Waals surface area contributed by atoms with Gasteiger partial charge in [0.05, 0.1) is 16.7 Å². The van der Waals surface area contributed by atoms with E-state index in [0.717, 1.165) is 11.2 Å². The van der Waals surface area contributed by atoms with Crippen LogP contribution in [0.4, 0.5) is 0 Å². The predicted molar refractivity (Wildman–Crippen MR) is 89.6 cm³/mol. The van der Waals surface area contributed by atoms with Crippen molar-refractivity contribution in [3.8, 4) is 11.3 Å². The molecule has 1 aromatic carbocycles. The molecule has 2 aromatic rings. The summed E-state index contributed by atoms with van der Waals surface area (Å²) in [6, 6.07) is 13.0. The number of hydrogen-bond acceptors (Lipinski definition) is 1. The molecule has 3 aliphatic rings. The number of aromatic nitrogens is 2. The Morgan fingerprint density at radius 1 is 0.955 bits per heavy atom. The van der Waals surface area contributed by atoms with E-state index >= 15 is 0 Å². The molecule has 0 atom stereocenters. The van der Waals surface area contributed by atoms with Crippen LogP contribution in [0, 0.1) is 0 Å². The largest absolute Gasteiger partial charge is 0.412 e. The van der Waals surface area contributed by atoms with E-state index in [1.807, 2.05) is 0 Å². The zero-order valence-corrected chi connectivity index (χ0v) is 12.3. The second kappa shape index (κ2) is 4.82. The van der Waals surface area contributed by atoms with Crippen molar-refractivity contribution in [3.63, 3.8) is 0 Å². The Morgan fingerprint density at radius 2 is 1.77 bits per heavy atom. The summed E-state index contributed by atoms with van der Waals surface area (Å²) in [6.45, 7) is 0. The Labute approximate surface area is 128 Å². The Morgan fingerprint density at radius 3 is 2.68 bits per heavy atom. The first-order valence-electron chi connectivity index (χ1n) is 7.71. The van der Waals surface area contributed by atoms with Gasteiger partial charge < -0.3 is 9.88 Å². The molecular weight excluding hydrogens is 272 g/mol. The topological polar surface area (TPSA) is 48.8 Å². The van der Waals surface area contributed by atoms with Gasteiger partial charge in [-0.25, -0.2) is 4.98 Å². The van der Waals surface area contributed by atoms with E-state index in [2.05, 4.69) is 53.2 Å². The lowest BCUT2D eigenvalue weighted by molar-refractivity contribution is 0.681. The summed E-state index contributed by atoms with van der Waals surface area (Å²) in [5.74, 6) is 0. The van der Waals surface area contributed by atoms with Crippen LogP contribution in [0.25, 0.3) is 27.7 Å². The molecule has 0 saturated carbocycles. The molecule has 3 heteroatoms. The van der Waals surface area contributed by atoms with E-state index < -0.39 is 0 Å². The summed E-state index contributed by atoms with van der Waals surface area (Å²) < 4.78 is 2.25. The van der Waals surface area contributed by atoms with Gasteiger partial charge in [-0.3, -0.25) is 0 Å². The maximum absolute atomic E-state index is 4.87. The SMILES string of the molecule is O.c1ccc2c3ccn4cc5c(cc4c-3nc2c1)CCCC5. The van der Waals surface area contributed by atoms with Crippen molar-refractivity contribution in [1.29, 1.82) is 0 Å². The van der Waals surface area contributed by atoms with Gasteiger partial charge in [0.1, 0.15) is 0 Å². The lowest BCUT2D eigenvalue weighted by Crippen LogP contribution is -2.05. The molecular formula is C19H18N2O. The number of aryl methyl sites for hydroxylation is 2. The summed E-state index contributed by atoms with van der Waals surface area (Å²) in [5, 5.41) is 1.26. The number of fused-ring (bicyclic) bond motifs is 6. The van der Waals surface area contributed by atoms with Crippen LogP contribution in [0.1, 0.15) is 24.0 Å². The van der Waals surface area contributed by atoms with Gasteiger partial charge in [0.25, 0.3) is 0 Å². The molecule has 0 amide bonds. The van der Waals surface area contributed by atoms with E-state index in [1.165, 1.54) is 53.3 Å². The zero-order chi connectivity index (χ0) is 13.8. The third-order valence-electron chi connectivity index (χ3n) is 4.76. The smallest absolute Gasteiger partial charge is 0.0957 e. The van der Waals surface area contributed by atoms with Gasteiger partial charge >= 0.3 is 0 Å². The van der Waals surface area contributed by atoms with Crippen LogP contribution in [-0.2, 0) is 12.8 Å². The summed E-state index contributed by atoms with van der Waals surface area (Å²) in [6.07, 6.45) is 9.55. The first kappa shape index (κ1) is 13.3. The second-order valence-corrected chi connectivity index (χ2v) is 6.03. The molecule has 0 fully saturated rings. The number of rotatable bonds is 0. The molecule has 3 nitrogen and oxygen atoms in total. The number of nitrogens with zero attached hydrogens (tertiary/aromatic N) is 2. The first-order chi connectivity index (χ1) is 10.4. The number of benzene rings is 1. The summed E-state index contributed by atoms with van der Waals surface area (Å²) in [5.41, 5.74) is 7.76. The molecule has 0 unspecified atom stereocenters. The monoisotopic (exact) mass is 290 g/mol. The molecule has 2 aliphatic heterocycles. The fraction of sp³-hybridized carbons (Fsp3) is 0.211.